The van der Waals surface area contributed by atoms with Gasteiger partial charge in [0.2, 0.25) is 0 Å². The second-order valence-corrected chi connectivity index (χ2v) is 9.21. The Morgan fingerprint density at radius 2 is 1.33 bits per heavy atom. The van der Waals surface area contributed by atoms with Crippen molar-refractivity contribution in [2.24, 2.45) is 0 Å². The van der Waals surface area contributed by atoms with Crippen molar-refractivity contribution >= 4 is 5.97 Å². The minimum Gasteiger partial charge on any atom is -0.481 e. The molecule has 0 amide bonds. The largest absolute Gasteiger partial charge is 0.481 e. The lowest BCUT2D eigenvalue weighted by molar-refractivity contribution is -0.137. The number of carboxylic acid groups (broad SMARTS) is 1. The molecule has 0 aromatic carbocycles. The van der Waals surface area contributed by atoms with Gasteiger partial charge in [-0.3, -0.25) is 9.69 Å². The van der Waals surface area contributed by atoms with Crippen molar-refractivity contribution in [1.29, 1.82) is 0 Å². The monoisotopic (exact) mass is 426 g/mol. The summed E-state index contributed by atoms with van der Waals surface area (Å²) >= 11 is 0. The van der Waals surface area contributed by atoms with Gasteiger partial charge in [-0.25, -0.2) is 0 Å². The first-order valence-corrected chi connectivity index (χ1v) is 13.0. The molecule has 5 nitrogen and oxygen atoms in total. The van der Waals surface area contributed by atoms with Gasteiger partial charge in [-0.2, -0.15) is 0 Å². The third-order valence-electron chi connectivity index (χ3n) is 6.59. The zero-order valence-corrected chi connectivity index (χ0v) is 19.8. The van der Waals surface area contributed by atoms with Crippen LogP contribution in [0.4, 0.5) is 0 Å². The average molecular weight is 427 g/mol. The normalized spacial score (nSPS) is 19.5. The van der Waals surface area contributed by atoms with Crippen LogP contribution in [0.2, 0.25) is 0 Å². The van der Waals surface area contributed by atoms with Crippen molar-refractivity contribution in [3.05, 3.63) is 0 Å². The lowest BCUT2D eigenvalue weighted by atomic mass is 10.0. The maximum Gasteiger partial charge on any atom is 0.303 e. The number of carbonyl (C=O) groups is 1. The molecule has 1 heterocycles. The van der Waals surface area contributed by atoms with E-state index in [0.29, 0.717) is 19.1 Å². The molecule has 0 radical (unpaired) electrons. The summed E-state index contributed by atoms with van der Waals surface area (Å²) in [5.74, 6) is -0.732. The number of carboxylic acids is 1. The van der Waals surface area contributed by atoms with E-state index >= 15 is 0 Å². The summed E-state index contributed by atoms with van der Waals surface area (Å²) in [5.41, 5.74) is 0. The van der Waals surface area contributed by atoms with E-state index in [1.807, 2.05) is 0 Å². The summed E-state index contributed by atoms with van der Waals surface area (Å²) in [7, 11) is 0. The molecule has 0 aromatic rings. The van der Waals surface area contributed by atoms with Crippen LogP contribution in [0.5, 0.6) is 0 Å². The molecule has 1 aliphatic rings. The first kappa shape index (κ1) is 27.4. The molecule has 0 aliphatic carbocycles. The van der Waals surface area contributed by atoms with Crippen LogP contribution in [0.25, 0.3) is 0 Å². The maximum absolute atomic E-state index is 10.8. The average Bonchev–Trinajstić information content (AvgIpc) is 3.11. The van der Waals surface area contributed by atoms with Gasteiger partial charge in [-0.1, -0.05) is 103 Å². The Morgan fingerprint density at radius 3 is 1.80 bits per heavy atom. The van der Waals surface area contributed by atoms with E-state index in [-0.39, 0.29) is 19.1 Å². The number of hydrogen-bond acceptors (Lipinski definition) is 4. The Hall–Kier alpha value is -0.650. The van der Waals surface area contributed by atoms with E-state index < -0.39 is 5.97 Å². The summed E-state index contributed by atoms with van der Waals surface area (Å²) < 4.78 is 0. The molecule has 178 valence electrons. The summed E-state index contributed by atoms with van der Waals surface area (Å²) in [6.07, 6.45) is 23.0. The van der Waals surface area contributed by atoms with Crippen molar-refractivity contribution in [1.82, 2.24) is 10.2 Å². The van der Waals surface area contributed by atoms with E-state index in [1.54, 1.807) is 0 Å². The van der Waals surface area contributed by atoms with Crippen LogP contribution in [-0.4, -0.2) is 53.0 Å². The third kappa shape index (κ3) is 13.6. The second kappa shape index (κ2) is 19.1. The highest BCUT2D eigenvalue weighted by Crippen LogP contribution is 2.20. The van der Waals surface area contributed by atoms with Crippen LogP contribution in [0.15, 0.2) is 0 Å². The van der Waals surface area contributed by atoms with Crippen LogP contribution in [-0.2, 0) is 4.79 Å². The van der Waals surface area contributed by atoms with Gasteiger partial charge in [0.1, 0.15) is 0 Å². The molecule has 0 bridgehead atoms. The van der Waals surface area contributed by atoms with Gasteiger partial charge in [0.05, 0.1) is 12.8 Å². The lowest BCUT2D eigenvalue weighted by Gasteiger charge is -2.28. The molecular weight excluding hydrogens is 376 g/mol. The predicted molar refractivity (Wildman–Crippen MR) is 126 cm³/mol. The van der Waals surface area contributed by atoms with Crippen molar-refractivity contribution in [2.45, 2.75) is 135 Å². The Labute approximate surface area is 186 Å². The highest BCUT2D eigenvalue weighted by Gasteiger charge is 2.31. The summed E-state index contributed by atoms with van der Waals surface area (Å²) in [4.78, 5) is 13.1. The fraction of sp³-hybridized carbons (Fsp3) is 0.960. The standard InChI is InChI=1S/C25H50N2O3/c1-2-3-4-5-6-7-8-9-10-11-12-13-14-15-16-17-24-26-22-23(18-19-25(29)30)27(24)20-21-28/h23-24,26,28H,2-22H2,1H3,(H,29,30). The van der Waals surface area contributed by atoms with Gasteiger partial charge in [-0.05, 0) is 12.8 Å². The molecular formula is C25H50N2O3. The Balaban J connectivity index is 1.94. The number of aliphatic carboxylic acids is 1. The minimum absolute atomic E-state index is 0.139. The first-order chi connectivity index (χ1) is 14.7. The fourth-order valence-electron chi connectivity index (χ4n) is 4.75. The molecule has 1 aliphatic heterocycles. The highest BCUT2D eigenvalue weighted by molar-refractivity contribution is 5.66. The number of aliphatic hydroxyl groups excluding tert-OH is 1. The molecule has 0 aromatic heterocycles. The molecule has 1 saturated heterocycles. The zero-order valence-electron chi connectivity index (χ0n) is 19.8. The second-order valence-electron chi connectivity index (χ2n) is 9.21. The smallest absolute Gasteiger partial charge is 0.303 e. The van der Waals surface area contributed by atoms with Gasteiger partial charge in [0, 0.05) is 25.6 Å². The van der Waals surface area contributed by atoms with Crippen molar-refractivity contribution in [3.8, 4) is 0 Å². The minimum atomic E-state index is -0.732. The molecule has 1 rings (SSSR count). The molecule has 5 heteroatoms. The zero-order chi connectivity index (χ0) is 21.9. The van der Waals surface area contributed by atoms with Crippen molar-refractivity contribution in [3.63, 3.8) is 0 Å². The Bertz CT molecular complexity index is 406. The SMILES string of the molecule is CCCCCCCCCCCCCCCCCC1NCC(CCC(=O)O)N1CCO. The highest BCUT2D eigenvalue weighted by atomic mass is 16.4. The summed E-state index contributed by atoms with van der Waals surface area (Å²) in [5, 5.41) is 21.8. The maximum atomic E-state index is 10.8. The molecule has 2 atom stereocenters. The van der Waals surface area contributed by atoms with E-state index in [0.717, 1.165) is 13.0 Å². The third-order valence-corrected chi connectivity index (χ3v) is 6.59. The Morgan fingerprint density at radius 1 is 0.833 bits per heavy atom. The Kier molecular flexibility index (Phi) is 17.4. The number of β-amino-alcohol motifs (C(OH)–C–C–N with tert-alkyl or cyclic N) is 1. The number of rotatable bonds is 21. The molecule has 3 N–H and O–H groups in total. The first-order valence-electron chi connectivity index (χ1n) is 13.0. The summed E-state index contributed by atoms with van der Waals surface area (Å²) in [6.45, 7) is 3.90. The van der Waals surface area contributed by atoms with Crippen molar-refractivity contribution < 1.29 is 15.0 Å². The van der Waals surface area contributed by atoms with E-state index in [1.165, 1.54) is 96.3 Å². The number of nitrogens with zero attached hydrogens (tertiary/aromatic N) is 1. The predicted octanol–water partition coefficient (Wildman–Crippen LogP) is 5.70. The van der Waals surface area contributed by atoms with Gasteiger partial charge in [-0.15, -0.1) is 0 Å². The topological polar surface area (TPSA) is 72.8 Å². The van der Waals surface area contributed by atoms with E-state index in [2.05, 4.69) is 17.1 Å². The van der Waals surface area contributed by atoms with Gasteiger partial charge in [0.15, 0.2) is 0 Å². The molecule has 0 spiro atoms. The van der Waals surface area contributed by atoms with Crippen LogP contribution < -0.4 is 5.32 Å². The van der Waals surface area contributed by atoms with Crippen molar-refractivity contribution in [2.75, 3.05) is 19.7 Å². The van der Waals surface area contributed by atoms with Crippen LogP contribution in [0.3, 0.4) is 0 Å². The lowest BCUT2D eigenvalue weighted by Crippen LogP contribution is -2.41. The molecule has 1 fully saturated rings. The number of aliphatic hydroxyl groups is 1. The van der Waals surface area contributed by atoms with E-state index in [9.17, 15) is 9.90 Å². The van der Waals surface area contributed by atoms with Crippen LogP contribution in [0, 0.1) is 0 Å². The quantitative estimate of drug-likeness (QED) is 0.205. The van der Waals surface area contributed by atoms with Gasteiger partial charge >= 0.3 is 5.97 Å². The van der Waals surface area contributed by atoms with Crippen LogP contribution >= 0.6 is 0 Å². The number of hydrogen-bond donors (Lipinski definition) is 3. The van der Waals surface area contributed by atoms with E-state index in [4.69, 9.17) is 5.11 Å². The number of nitrogens with one attached hydrogen (secondary N) is 1. The molecule has 30 heavy (non-hydrogen) atoms. The fourth-order valence-corrected chi connectivity index (χ4v) is 4.75. The molecule has 2 unspecified atom stereocenters. The van der Waals surface area contributed by atoms with Crippen LogP contribution in [0.1, 0.15) is 122 Å². The molecule has 0 saturated carbocycles. The van der Waals surface area contributed by atoms with Gasteiger partial charge < -0.3 is 15.5 Å². The number of unbranched alkanes of at least 4 members (excludes halogenated alkanes) is 14. The summed E-state index contributed by atoms with van der Waals surface area (Å²) in [6, 6.07) is 0.245. The van der Waals surface area contributed by atoms with Gasteiger partial charge in [0.25, 0.3) is 0 Å².